The molecule has 0 radical (unpaired) electrons. The molecule has 70 valence electrons. The van der Waals surface area contributed by atoms with Gasteiger partial charge in [-0.2, -0.15) is 0 Å². The minimum atomic E-state index is -0.600. The van der Waals surface area contributed by atoms with Crippen LogP contribution in [0.3, 0.4) is 0 Å². The number of hydrogen-bond acceptors (Lipinski definition) is 2. The van der Waals surface area contributed by atoms with Crippen LogP contribution in [-0.4, -0.2) is 13.3 Å². The van der Waals surface area contributed by atoms with Gasteiger partial charge in [0.25, 0.3) is 0 Å². The second kappa shape index (κ2) is 4.28. The van der Waals surface area contributed by atoms with E-state index < -0.39 is 4.87 Å². The summed E-state index contributed by atoms with van der Waals surface area (Å²) in [6.07, 6.45) is 1.57. The van der Waals surface area contributed by atoms with Crippen molar-refractivity contribution in [3.63, 3.8) is 0 Å². The van der Waals surface area contributed by atoms with Crippen molar-refractivity contribution in [2.75, 3.05) is 7.11 Å². The highest BCUT2D eigenvalue weighted by Crippen LogP contribution is 2.25. The number of halogens is 1. The van der Waals surface area contributed by atoms with Crippen LogP contribution in [0.25, 0.3) is 0 Å². The topological polar surface area (TPSA) is 21.6 Å². The molecular formula is C10H12ClNO. The van der Waals surface area contributed by atoms with Crippen molar-refractivity contribution in [1.82, 2.24) is 0 Å². The summed E-state index contributed by atoms with van der Waals surface area (Å²) in [5, 5.41) is 3.66. The molecule has 1 unspecified atom stereocenters. The predicted octanol–water partition coefficient (Wildman–Crippen LogP) is 2.77. The van der Waals surface area contributed by atoms with Crippen molar-refractivity contribution in [2.24, 2.45) is 5.16 Å². The molecule has 0 bridgehead atoms. The Morgan fingerprint density at radius 3 is 2.54 bits per heavy atom. The smallest absolute Gasteiger partial charge is 0.106 e. The van der Waals surface area contributed by atoms with E-state index in [9.17, 15) is 0 Å². The molecule has 1 atom stereocenters. The summed E-state index contributed by atoms with van der Waals surface area (Å²) in [6, 6.07) is 9.74. The van der Waals surface area contributed by atoms with E-state index in [1.54, 1.807) is 6.21 Å². The third-order valence-corrected chi connectivity index (χ3v) is 2.05. The van der Waals surface area contributed by atoms with Gasteiger partial charge < -0.3 is 4.84 Å². The van der Waals surface area contributed by atoms with Crippen LogP contribution in [0, 0.1) is 0 Å². The number of benzene rings is 1. The number of nitrogens with zero attached hydrogens (tertiary/aromatic N) is 1. The normalized spacial score (nSPS) is 15.6. The van der Waals surface area contributed by atoms with Crippen molar-refractivity contribution in [3.8, 4) is 0 Å². The molecule has 0 saturated carbocycles. The van der Waals surface area contributed by atoms with E-state index in [-0.39, 0.29) is 0 Å². The summed E-state index contributed by atoms with van der Waals surface area (Å²) in [5.41, 5.74) is 0.998. The Morgan fingerprint density at radius 1 is 1.38 bits per heavy atom. The molecule has 1 aromatic carbocycles. The van der Waals surface area contributed by atoms with Crippen LogP contribution in [-0.2, 0) is 9.71 Å². The average Bonchev–Trinajstić information content (AvgIpc) is 2.16. The molecule has 0 amide bonds. The summed E-state index contributed by atoms with van der Waals surface area (Å²) in [7, 11) is 1.49. The second-order valence-electron chi connectivity index (χ2n) is 2.86. The Bertz CT molecular complexity index is 282. The third-order valence-electron chi connectivity index (χ3n) is 1.74. The first-order valence-corrected chi connectivity index (χ1v) is 4.37. The fraction of sp³-hybridized carbons (Fsp3) is 0.300. The molecule has 2 nitrogen and oxygen atoms in total. The summed E-state index contributed by atoms with van der Waals surface area (Å²) in [5.74, 6) is 0. The average molecular weight is 198 g/mol. The van der Waals surface area contributed by atoms with Crippen LogP contribution in [0.5, 0.6) is 0 Å². The van der Waals surface area contributed by atoms with Crippen LogP contribution >= 0.6 is 11.6 Å². The van der Waals surface area contributed by atoms with Gasteiger partial charge in [0.15, 0.2) is 0 Å². The zero-order valence-electron chi connectivity index (χ0n) is 7.70. The molecule has 0 saturated heterocycles. The van der Waals surface area contributed by atoms with E-state index in [0.29, 0.717) is 0 Å². The Labute approximate surface area is 83.2 Å². The van der Waals surface area contributed by atoms with Gasteiger partial charge >= 0.3 is 0 Å². The van der Waals surface area contributed by atoms with Gasteiger partial charge in [-0.1, -0.05) is 35.5 Å². The molecule has 3 heteroatoms. The van der Waals surface area contributed by atoms with Gasteiger partial charge in [-0.05, 0) is 12.5 Å². The van der Waals surface area contributed by atoms with E-state index in [1.165, 1.54) is 7.11 Å². The van der Waals surface area contributed by atoms with Crippen LogP contribution in [0.4, 0.5) is 0 Å². The van der Waals surface area contributed by atoms with Gasteiger partial charge in [0.05, 0.1) is 6.21 Å². The lowest BCUT2D eigenvalue weighted by Crippen LogP contribution is -2.15. The lowest BCUT2D eigenvalue weighted by Gasteiger charge is -2.15. The summed E-state index contributed by atoms with van der Waals surface area (Å²) >= 11 is 6.21. The highest BCUT2D eigenvalue weighted by Gasteiger charge is 2.20. The van der Waals surface area contributed by atoms with Gasteiger partial charge in [-0.15, -0.1) is 11.6 Å². The maximum Gasteiger partial charge on any atom is 0.106 e. The SMILES string of the molecule is CO/N=C/C(C)(Cl)c1ccccc1. The zero-order chi connectivity index (χ0) is 9.73. The molecule has 0 aliphatic heterocycles. The molecule has 0 aliphatic carbocycles. The minimum absolute atomic E-state index is 0.600. The van der Waals surface area contributed by atoms with Crippen molar-refractivity contribution in [1.29, 1.82) is 0 Å². The number of alkyl halides is 1. The summed E-state index contributed by atoms with van der Waals surface area (Å²) in [6.45, 7) is 1.87. The number of rotatable bonds is 3. The predicted molar refractivity (Wildman–Crippen MR) is 55.1 cm³/mol. The maximum atomic E-state index is 6.21. The number of oxime groups is 1. The molecule has 0 spiro atoms. The fourth-order valence-electron chi connectivity index (χ4n) is 0.990. The summed E-state index contributed by atoms with van der Waals surface area (Å²) in [4.78, 5) is 3.98. The Kier molecular flexibility index (Phi) is 3.32. The van der Waals surface area contributed by atoms with Gasteiger partial charge in [0.1, 0.15) is 12.0 Å². The van der Waals surface area contributed by atoms with E-state index in [1.807, 2.05) is 37.3 Å². The van der Waals surface area contributed by atoms with E-state index in [0.717, 1.165) is 5.56 Å². The minimum Gasteiger partial charge on any atom is -0.399 e. The molecule has 1 aromatic rings. The molecule has 13 heavy (non-hydrogen) atoms. The van der Waals surface area contributed by atoms with Gasteiger partial charge in [0.2, 0.25) is 0 Å². The standard InChI is InChI=1S/C10H12ClNO/c1-10(11,8-12-13-2)9-6-4-3-5-7-9/h3-8H,1-2H3/b12-8+. The van der Waals surface area contributed by atoms with Crippen molar-refractivity contribution >= 4 is 17.8 Å². The maximum absolute atomic E-state index is 6.21. The van der Waals surface area contributed by atoms with Gasteiger partial charge in [0, 0.05) is 0 Å². The molecule has 0 aliphatic rings. The van der Waals surface area contributed by atoms with Crippen molar-refractivity contribution < 1.29 is 4.84 Å². The van der Waals surface area contributed by atoms with Crippen LogP contribution in [0.1, 0.15) is 12.5 Å². The second-order valence-corrected chi connectivity index (χ2v) is 3.64. The van der Waals surface area contributed by atoms with Crippen molar-refractivity contribution in [3.05, 3.63) is 35.9 Å². The Morgan fingerprint density at radius 2 is 2.00 bits per heavy atom. The first kappa shape index (κ1) is 10.1. The van der Waals surface area contributed by atoms with Crippen LogP contribution in [0.15, 0.2) is 35.5 Å². The molecular weight excluding hydrogens is 186 g/mol. The lowest BCUT2D eigenvalue weighted by molar-refractivity contribution is 0.214. The Hall–Kier alpha value is -1.02. The molecule has 0 aromatic heterocycles. The van der Waals surface area contributed by atoms with Gasteiger partial charge in [-0.25, -0.2) is 0 Å². The molecule has 1 rings (SSSR count). The van der Waals surface area contributed by atoms with Crippen LogP contribution < -0.4 is 0 Å². The highest BCUT2D eigenvalue weighted by molar-refractivity contribution is 6.31. The first-order valence-electron chi connectivity index (χ1n) is 3.99. The quantitative estimate of drug-likeness (QED) is 0.415. The largest absolute Gasteiger partial charge is 0.399 e. The molecule has 0 heterocycles. The summed E-state index contributed by atoms with van der Waals surface area (Å²) < 4.78 is 0. The monoisotopic (exact) mass is 197 g/mol. The van der Waals surface area contributed by atoms with E-state index >= 15 is 0 Å². The highest BCUT2D eigenvalue weighted by atomic mass is 35.5. The fourth-order valence-corrected chi connectivity index (χ4v) is 1.16. The van der Waals surface area contributed by atoms with E-state index in [2.05, 4.69) is 9.99 Å². The van der Waals surface area contributed by atoms with E-state index in [4.69, 9.17) is 11.6 Å². The van der Waals surface area contributed by atoms with Crippen LogP contribution in [0.2, 0.25) is 0 Å². The number of hydrogen-bond donors (Lipinski definition) is 0. The lowest BCUT2D eigenvalue weighted by atomic mass is 10.0. The molecule has 0 N–H and O–H groups in total. The Balaban J connectivity index is 2.87. The molecule has 0 fully saturated rings. The van der Waals surface area contributed by atoms with Crippen molar-refractivity contribution in [2.45, 2.75) is 11.8 Å². The first-order chi connectivity index (χ1) is 6.17. The van der Waals surface area contributed by atoms with Gasteiger partial charge in [-0.3, -0.25) is 0 Å². The third kappa shape index (κ3) is 2.74. The zero-order valence-corrected chi connectivity index (χ0v) is 8.45.